The zero-order valence-electron chi connectivity index (χ0n) is 18.4. The number of carboxylic acid groups (broad SMARTS) is 1. The van der Waals surface area contributed by atoms with Crippen molar-refractivity contribution < 1.29 is 23.9 Å². The van der Waals surface area contributed by atoms with Gasteiger partial charge in [0.05, 0.1) is 16.7 Å². The highest BCUT2D eigenvalue weighted by molar-refractivity contribution is 6.62. The van der Waals surface area contributed by atoms with Gasteiger partial charge >= 0.3 is 13.2 Å². The smallest absolute Gasteiger partial charge is 0.491 e. The molecule has 28 heavy (non-hydrogen) atoms. The molecule has 0 aliphatic carbocycles. The molecule has 6 nitrogen and oxygen atoms in total. The Morgan fingerprint density at radius 2 is 1.82 bits per heavy atom. The number of amides is 1. The molecule has 156 valence electrons. The van der Waals surface area contributed by atoms with Crippen molar-refractivity contribution in [3.8, 4) is 5.75 Å². The molecule has 2 N–H and O–H groups in total. The first-order chi connectivity index (χ1) is 12.7. The lowest BCUT2D eigenvalue weighted by molar-refractivity contribution is 0.00578. The standard InChI is InChI=1S/C21H34BNO5/c1-14(2)12-21(8,23-18(24)25)13-26-17-10-9-16(11-15(17)3)22-27-19(4,5)20(6,7)28-22/h9-11,14,23H,12-13H2,1-8H3,(H,24,25). The summed E-state index contributed by atoms with van der Waals surface area (Å²) >= 11 is 0. The van der Waals surface area contributed by atoms with Crippen molar-refractivity contribution in [2.45, 2.75) is 78.6 Å². The van der Waals surface area contributed by atoms with Crippen molar-refractivity contribution in [1.29, 1.82) is 0 Å². The summed E-state index contributed by atoms with van der Waals surface area (Å²) in [5, 5.41) is 11.8. The summed E-state index contributed by atoms with van der Waals surface area (Å²) < 4.78 is 18.2. The lowest BCUT2D eigenvalue weighted by Crippen LogP contribution is -2.50. The molecule has 1 atom stereocenters. The van der Waals surface area contributed by atoms with Gasteiger partial charge in [0.25, 0.3) is 0 Å². The van der Waals surface area contributed by atoms with Gasteiger partial charge in [-0.15, -0.1) is 0 Å². The molecule has 1 fully saturated rings. The fourth-order valence-electron chi connectivity index (χ4n) is 3.50. The largest absolute Gasteiger partial charge is 0.494 e. The molecule has 1 aromatic carbocycles. The summed E-state index contributed by atoms with van der Waals surface area (Å²) in [5.74, 6) is 1.06. The predicted octanol–water partition coefficient (Wildman–Crippen LogP) is 3.75. The molecule has 0 aromatic heterocycles. The van der Waals surface area contributed by atoms with Crippen molar-refractivity contribution in [2.75, 3.05) is 6.61 Å². The average molecular weight is 391 g/mol. The molecule has 1 aromatic rings. The minimum atomic E-state index is -1.04. The van der Waals surface area contributed by atoms with Gasteiger partial charge in [-0.1, -0.05) is 26.0 Å². The normalized spacial score (nSPS) is 20.1. The van der Waals surface area contributed by atoms with Crippen LogP contribution in [0.1, 0.15) is 60.5 Å². The molecule has 2 rings (SSSR count). The molecular weight excluding hydrogens is 357 g/mol. The van der Waals surface area contributed by atoms with E-state index in [1.165, 1.54) is 0 Å². The molecule has 0 spiro atoms. The van der Waals surface area contributed by atoms with Crippen molar-refractivity contribution in [1.82, 2.24) is 5.32 Å². The Morgan fingerprint density at radius 3 is 2.29 bits per heavy atom. The van der Waals surface area contributed by atoms with Gasteiger partial charge in [-0.25, -0.2) is 4.79 Å². The zero-order chi connectivity index (χ0) is 21.3. The predicted molar refractivity (Wildman–Crippen MR) is 111 cm³/mol. The van der Waals surface area contributed by atoms with Crippen LogP contribution in [-0.2, 0) is 9.31 Å². The molecule has 0 radical (unpaired) electrons. The third-order valence-electron chi connectivity index (χ3n) is 5.54. The Bertz CT molecular complexity index is 703. The van der Waals surface area contributed by atoms with Crippen LogP contribution in [0.15, 0.2) is 18.2 Å². The summed E-state index contributed by atoms with van der Waals surface area (Å²) in [6.45, 7) is 16.3. The molecule has 1 saturated heterocycles. The van der Waals surface area contributed by atoms with Crippen LogP contribution in [0.3, 0.4) is 0 Å². The van der Waals surface area contributed by atoms with Crippen LogP contribution in [0, 0.1) is 12.8 Å². The topological polar surface area (TPSA) is 77.0 Å². The number of carbonyl (C=O) groups is 1. The number of hydrogen-bond acceptors (Lipinski definition) is 4. The van der Waals surface area contributed by atoms with Gasteiger partial charge in [-0.05, 0) is 71.0 Å². The Morgan fingerprint density at radius 1 is 1.25 bits per heavy atom. The molecule has 1 unspecified atom stereocenters. The van der Waals surface area contributed by atoms with E-state index in [1.807, 2.05) is 59.7 Å². The van der Waals surface area contributed by atoms with Crippen LogP contribution in [0.4, 0.5) is 4.79 Å². The van der Waals surface area contributed by atoms with Gasteiger partial charge < -0.3 is 24.5 Å². The van der Waals surface area contributed by atoms with Gasteiger partial charge in [-0.3, -0.25) is 0 Å². The van der Waals surface area contributed by atoms with Crippen LogP contribution in [0.5, 0.6) is 5.75 Å². The number of aryl methyl sites for hydroxylation is 1. The Balaban J connectivity index is 2.11. The van der Waals surface area contributed by atoms with E-state index in [4.69, 9.17) is 19.2 Å². The first-order valence-corrected chi connectivity index (χ1v) is 9.85. The highest BCUT2D eigenvalue weighted by atomic mass is 16.7. The zero-order valence-corrected chi connectivity index (χ0v) is 18.4. The number of nitrogens with one attached hydrogen (secondary N) is 1. The lowest BCUT2D eigenvalue weighted by Gasteiger charge is -2.32. The summed E-state index contributed by atoms with van der Waals surface area (Å²) in [5.41, 5.74) is 0.465. The van der Waals surface area contributed by atoms with Crippen LogP contribution >= 0.6 is 0 Å². The fourth-order valence-corrected chi connectivity index (χ4v) is 3.50. The van der Waals surface area contributed by atoms with Gasteiger partial charge in [0.15, 0.2) is 0 Å². The Labute approximate surface area is 169 Å². The molecule has 0 bridgehead atoms. The van der Waals surface area contributed by atoms with E-state index in [2.05, 4.69) is 19.2 Å². The van der Waals surface area contributed by atoms with E-state index < -0.39 is 18.8 Å². The SMILES string of the molecule is Cc1cc(B2OC(C)(C)C(C)(C)O2)ccc1OCC(C)(CC(C)C)NC(=O)O. The second-order valence-corrected chi connectivity index (χ2v) is 9.49. The molecular formula is C21H34BNO5. The molecule has 7 heteroatoms. The van der Waals surface area contributed by atoms with Crippen LogP contribution in [-0.4, -0.2) is 41.7 Å². The van der Waals surface area contributed by atoms with E-state index in [0.29, 0.717) is 12.3 Å². The average Bonchev–Trinajstić information content (AvgIpc) is 2.72. The minimum absolute atomic E-state index is 0.258. The quantitative estimate of drug-likeness (QED) is 0.693. The number of ether oxygens (including phenoxy) is 1. The molecule has 0 saturated carbocycles. The summed E-state index contributed by atoms with van der Waals surface area (Å²) in [6.07, 6.45) is -0.357. The highest BCUT2D eigenvalue weighted by Crippen LogP contribution is 2.36. The van der Waals surface area contributed by atoms with E-state index >= 15 is 0 Å². The van der Waals surface area contributed by atoms with E-state index in [-0.39, 0.29) is 17.8 Å². The van der Waals surface area contributed by atoms with Crippen LogP contribution in [0.2, 0.25) is 0 Å². The van der Waals surface area contributed by atoms with Gasteiger partial charge in [0.1, 0.15) is 12.4 Å². The summed E-state index contributed by atoms with van der Waals surface area (Å²) in [4.78, 5) is 11.2. The molecule has 1 heterocycles. The van der Waals surface area contributed by atoms with Crippen molar-refractivity contribution in [3.05, 3.63) is 23.8 Å². The third kappa shape index (κ3) is 5.20. The maximum Gasteiger partial charge on any atom is 0.494 e. The first-order valence-electron chi connectivity index (χ1n) is 9.85. The van der Waals surface area contributed by atoms with Gasteiger partial charge in [-0.2, -0.15) is 0 Å². The van der Waals surface area contributed by atoms with E-state index in [0.717, 1.165) is 16.8 Å². The number of benzene rings is 1. The molecule has 1 amide bonds. The van der Waals surface area contributed by atoms with E-state index in [9.17, 15) is 4.79 Å². The maximum absolute atomic E-state index is 11.2. The molecule has 1 aliphatic rings. The van der Waals surface area contributed by atoms with Gasteiger partial charge in [0, 0.05) is 0 Å². The van der Waals surface area contributed by atoms with Crippen LogP contribution < -0.4 is 15.5 Å². The minimum Gasteiger partial charge on any atom is -0.491 e. The summed E-state index contributed by atoms with van der Waals surface area (Å²) in [6, 6.07) is 5.84. The highest BCUT2D eigenvalue weighted by Gasteiger charge is 2.51. The second kappa shape index (κ2) is 7.95. The Kier molecular flexibility index (Phi) is 6.41. The van der Waals surface area contributed by atoms with Crippen molar-refractivity contribution in [2.24, 2.45) is 5.92 Å². The van der Waals surface area contributed by atoms with Crippen LogP contribution in [0.25, 0.3) is 0 Å². The monoisotopic (exact) mass is 391 g/mol. The second-order valence-electron chi connectivity index (χ2n) is 9.49. The Hall–Kier alpha value is -1.73. The summed E-state index contributed by atoms with van der Waals surface area (Å²) in [7, 11) is -0.419. The lowest BCUT2D eigenvalue weighted by atomic mass is 9.78. The van der Waals surface area contributed by atoms with Crippen molar-refractivity contribution >= 4 is 18.7 Å². The van der Waals surface area contributed by atoms with E-state index in [1.54, 1.807) is 0 Å². The first kappa shape index (κ1) is 22.6. The fraction of sp³-hybridized carbons (Fsp3) is 0.667. The van der Waals surface area contributed by atoms with Gasteiger partial charge in [0.2, 0.25) is 0 Å². The number of rotatable bonds is 7. The third-order valence-corrected chi connectivity index (χ3v) is 5.54. The number of hydrogen-bond donors (Lipinski definition) is 2. The maximum atomic E-state index is 11.2. The molecule has 1 aliphatic heterocycles. The van der Waals surface area contributed by atoms with Crippen molar-refractivity contribution in [3.63, 3.8) is 0 Å².